The summed E-state index contributed by atoms with van der Waals surface area (Å²) in [5, 5.41) is 5.37. The van der Waals surface area contributed by atoms with E-state index in [1.807, 2.05) is 19.1 Å². The van der Waals surface area contributed by atoms with Gasteiger partial charge in [-0.05, 0) is 24.6 Å². The van der Waals surface area contributed by atoms with E-state index in [1.54, 1.807) is 12.1 Å². The van der Waals surface area contributed by atoms with Crippen molar-refractivity contribution in [1.82, 2.24) is 9.97 Å². The molecule has 0 saturated carbocycles. The third-order valence-electron chi connectivity index (χ3n) is 3.66. The van der Waals surface area contributed by atoms with Gasteiger partial charge in [0.2, 0.25) is 0 Å². The highest BCUT2D eigenvalue weighted by molar-refractivity contribution is 6.42. The molecule has 1 aliphatic rings. The number of hydrogen-bond acceptors (Lipinski definition) is 6. The van der Waals surface area contributed by atoms with Crippen LogP contribution in [-0.4, -0.2) is 42.0 Å². The van der Waals surface area contributed by atoms with Crippen LogP contribution in [0.2, 0.25) is 10.0 Å². The molecule has 1 aromatic heterocycles. The van der Waals surface area contributed by atoms with Crippen LogP contribution in [0.4, 0.5) is 11.6 Å². The summed E-state index contributed by atoms with van der Waals surface area (Å²) in [6.07, 6.45) is 1.52. The average Bonchev–Trinajstić information content (AvgIpc) is 2.63. The minimum atomic E-state index is 0.500. The fraction of sp³-hybridized carbons (Fsp3) is 0.312. The van der Waals surface area contributed by atoms with Crippen molar-refractivity contribution in [2.45, 2.75) is 6.92 Å². The lowest BCUT2D eigenvalue weighted by Crippen LogP contribution is -2.36. The largest absolute Gasteiger partial charge is 0.378 e. The normalized spacial score (nSPS) is 15.5. The second-order valence-electron chi connectivity index (χ2n) is 5.30. The molecule has 6 nitrogen and oxygen atoms in total. The van der Waals surface area contributed by atoms with Crippen LogP contribution in [0.3, 0.4) is 0 Å². The van der Waals surface area contributed by atoms with Gasteiger partial charge in [-0.15, -0.1) is 0 Å². The fourth-order valence-electron chi connectivity index (χ4n) is 2.30. The number of anilines is 2. The highest BCUT2D eigenvalue weighted by Gasteiger charge is 2.13. The summed E-state index contributed by atoms with van der Waals surface area (Å²) in [4.78, 5) is 10.7. The second kappa shape index (κ2) is 7.79. The van der Waals surface area contributed by atoms with E-state index in [4.69, 9.17) is 27.9 Å². The minimum Gasteiger partial charge on any atom is -0.378 e. The van der Waals surface area contributed by atoms with Gasteiger partial charge in [0.15, 0.2) is 5.82 Å². The predicted octanol–water partition coefficient (Wildman–Crippen LogP) is 3.46. The summed E-state index contributed by atoms with van der Waals surface area (Å²) < 4.78 is 5.35. The third-order valence-corrected chi connectivity index (χ3v) is 4.40. The first kappa shape index (κ1) is 17.0. The van der Waals surface area contributed by atoms with E-state index in [1.165, 1.54) is 6.33 Å². The summed E-state index contributed by atoms with van der Waals surface area (Å²) in [7, 11) is 0. The third kappa shape index (κ3) is 4.14. The van der Waals surface area contributed by atoms with E-state index in [-0.39, 0.29) is 0 Å². The smallest absolute Gasteiger partial charge is 0.151 e. The van der Waals surface area contributed by atoms with Crippen molar-refractivity contribution >= 4 is 40.5 Å². The molecule has 0 amide bonds. The van der Waals surface area contributed by atoms with E-state index in [0.717, 1.165) is 30.2 Å². The monoisotopic (exact) mass is 365 g/mol. The number of nitrogens with zero attached hydrogens (tertiary/aromatic N) is 4. The Labute approximate surface area is 150 Å². The predicted molar refractivity (Wildman–Crippen MR) is 97.4 cm³/mol. The van der Waals surface area contributed by atoms with Gasteiger partial charge in [-0.2, -0.15) is 5.10 Å². The maximum absolute atomic E-state index is 6.04. The van der Waals surface area contributed by atoms with Crippen LogP contribution in [-0.2, 0) is 4.74 Å². The first-order valence-electron chi connectivity index (χ1n) is 7.54. The summed E-state index contributed by atoms with van der Waals surface area (Å²) in [6.45, 7) is 4.95. The summed E-state index contributed by atoms with van der Waals surface area (Å²) in [5.74, 6) is 1.49. The topological polar surface area (TPSA) is 62.6 Å². The molecule has 0 unspecified atom stereocenters. The number of ether oxygens (including phenoxy) is 1. The summed E-state index contributed by atoms with van der Waals surface area (Å²) in [6, 6.07) is 7.27. The zero-order valence-electron chi connectivity index (χ0n) is 13.2. The molecule has 0 radical (unpaired) electrons. The SMILES string of the molecule is CC(=NNc1cc(N2CCOCC2)ncn1)c1ccc(Cl)c(Cl)c1. The molecule has 8 heteroatoms. The molecule has 1 saturated heterocycles. The van der Waals surface area contributed by atoms with Crippen molar-refractivity contribution in [1.29, 1.82) is 0 Å². The lowest BCUT2D eigenvalue weighted by Gasteiger charge is -2.27. The molecule has 1 aromatic carbocycles. The van der Waals surface area contributed by atoms with E-state index < -0.39 is 0 Å². The van der Waals surface area contributed by atoms with Gasteiger partial charge < -0.3 is 9.64 Å². The van der Waals surface area contributed by atoms with Crippen LogP contribution in [0.1, 0.15) is 12.5 Å². The van der Waals surface area contributed by atoms with Crippen LogP contribution in [0, 0.1) is 0 Å². The fourth-order valence-corrected chi connectivity index (χ4v) is 2.60. The molecule has 2 heterocycles. The van der Waals surface area contributed by atoms with E-state index in [0.29, 0.717) is 29.1 Å². The van der Waals surface area contributed by atoms with Gasteiger partial charge >= 0.3 is 0 Å². The zero-order chi connectivity index (χ0) is 16.9. The molecule has 3 rings (SSSR count). The van der Waals surface area contributed by atoms with Crippen LogP contribution < -0.4 is 10.3 Å². The maximum Gasteiger partial charge on any atom is 0.151 e. The quantitative estimate of drug-likeness (QED) is 0.663. The second-order valence-corrected chi connectivity index (χ2v) is 6.11. The molecule has 0 bridgehead atoms. The maximum atomic E-state index is 6.04. The van der Waals surface area contributed by atoms with Gasteiger partial charge in [0.25, 0.3) is 0 Å². The van der Waals surface area contributed by atoms with Crippen LogP contribution in [0.5, 0.6) is 0 Å². The molecule has 1 fully saturated rings. The number of hydrazone groups is 1. The number of nitrogens with one attached hydrogen (secondary N) is 1. The highest BCUT2D eigenvalue weighted by atomic mass is 35.5. The lowest BCUT2D eigenvalue weighted by atomic mass is 10.1. The molecule has 126 valence electrons. The zero-order valence-corrected chi connectivity index (χ0v) is 14.7. The van der Waals surface area contributed by atoms with Crippen molar-refractivity contribution in [3.63, 3.8) is 0 Å². The molecular formula is C16H17Cl2N5O. The van der Waals surface area contributed by atoms with Crippen molar-refractivity contribution in [2.75, 3.05) is 36.6 Å². The van der Waals surface area contributed by atoms with Gasteiger partial charge in [-0.25, -0.2) is 9.97 Å². The van der Waals surface area contributed by atoms with Crippen molar-refractivity contribution in [3.8, 4) is 0 Å². The Hall–Kier alpha value is -1.89. The standard InChI is InChI=1S/C16H17Cl2N5O/c1-11(12-2-3-13(17)14(18)8-12)21-22-15-9-16(20-10-19-15)23-4-6-24-7-5-23/h2-3,8-10H,4-7H2,1H3,(H,19,20,22). The van der Waals surface area contributed by atoms with E-state index in [9.17, 15) is 0 Å². The van der Waals surface area contributed by atoms with Crippen LogP contribution in [0.25, 0.3) is 0 Å². The molecular weight excluding hydrogens is 349 g/mol. The Balaban J connectivity index is 1.72. The number of rotatable bonds is 4. The summed E-state index contributed by atoms with van der Waals surface area (Å²) >= 11 is 12.0. The van der Waals surface area contributed by atoms with Crippen LogP contribution >= 0.6 is 23.2 Å². The average molecular weight is 366 g/mol. The Morgan fingerprint density at radius 1 is 1.17 bits per heavy atom. The molecule has 0 atom stereocenters. The van der Waals surface area contributed by atoms with Crippen molar-refractivity contribution in [3.05, 3.63) is 46.2 Å². The number of morpholine rings is 1. The van der Waals surface area contributed by atoms with E-state index in [2.05, 4.69) is 25.4 Å². The van der Waals surface area contributed by atoms with Gasteiger partial charge in [0.1, 0.15) is 12.1 Å². The lowest BCUT2D eigenvalue weighted by molar-refractivity contribution is 0.122. The number of aromatic nitrogens is 2. The molecule has 0 spiro atoms. The number of benzene rings is 1. The molecule has 1 aliphatic heterocycles. The Bertz CT molecular complexity index is 747. The molecule has 0 aliphatic carbocycles. The first-order chi connectivity index (χ1) is 11.6. The van der Waals surface area contributed by atoms with Gasteiger partial charge in [0, 0.05) is 19.2 Å². The van der Waals surface area contributed by atoms with Crippen molar-refractivity contribution < 1.29 is 4.74 Å². The first-order valence-corrected chi connectivity index (χ1v) is 8.29. The summed E-state index contributed by atoms with van der Waals surface area (Å²) in [5.41, 5.74) is 4.63. The molecule has 1 N–H and O–H groups in total. The Morgan fingerprint density at radius 2 is 1.96 bits per heavy atom. The minimum absolute atomic E-state index is 0.500. The Morgan fingerprint density at radius 3 is 2.71 bits per heavy atom. The number of hydrogen-bond donors (Lipinski definition) is 1. The molecule has 2 aromatic rings. The Kier molecular flexibility index (Phi) is 5.50. The van der Waals surface area contributed by atoms with Gasteiger partial charge in [-0.3, -0.25) is 5.43 Å². The van der Waals surface area contributed by atoms with Gasteiger partial charge in [-0.1, -0.05) is 29.3 Å². The number of halogens is 2. The highest BCUT2D eigenvalue weighted by Crippen LogP contribution is 2.23. The van der Waals surface area contributed by atoms with Crippen molar-refractivity contribution in [2.24, 2.45) is 5.10 Å². The van der Waals surface area contributed by atoms with E-state index >= 15 is 0 Å². The molecule has 24 heavy (non-hydrogen) atoms. The van der Waals surface area contributed by atoms with Gasteiger partial charge in [0.05, 0.1) is 29.0 Å². The van der Waals surface area contributed by atoms with Crippen LogP contribution in [0.15, 0.2) is 35.7 Å².